The summed E-state index contributed by atoms with van der Waals surface area (Å²) in [5, 5.41) is 4.19. The maximum atomic E-state index is 13.4. The van der Waals surface area contributed by atoms with Crippen LogP contribution in [-0.4, -0.2) is 0 Å². The monoisotopic (exact) mass is 297 g/mol. The second-order valence-electron chi connectivity index (χ2n) is 4.40. The van der Waals surface area contributed by atoms with Crippen molar-refractivity contribution >= 4 is 23.2 Å². The third-order valence-corrected chi connectivity index (χ3v) is 3.53. The Morgan fingerprint density at radius 3 is 2.42 bits per heavy atom. The summed E-state index contributed by atoms with van der Waals surface area (Å²) in [6.45, 7) is 2.68. The lowest BCUT2D eigenvalue weighted by Crippen LogP contribution is -2.18. The smallest absolute Gasteiger partial charge is 0.142 e. The summed E-state index contributed by atoms with van der Waals surface area (Å²) in [5.41, 5.74) is 2.00. The highest BCUT2D eigenvalue weighted by molar-refractivity contribution is 6.30. The van der Waals surface area contributed by atoms with Crippen LogP contribution < -0.4 is 5.32 Å². The first-order valence-electron chi connectivity index (χ1n) is 5.99. The van der Waals surface area contributed by atoms with Gasteiger partial charge in [-0.15, -0.1) is 0 Å². The molecule has 0 saturated heterocycles. The summed E-state index contributed by atoms with van der Waals surface area (Å²) >= 11 is 11.5. The van der Waals surface area contributed by atoms with Crippen LogP contribution in [0.1, 0.15) is 24.1 Å². The minimum atomic E-state index is -0.390. The summed E-state index contributed by atoms with van der Waals surface area (Å²) < 4.78 is 13.4. The van der Waals surface area contributed by atoms with Gasteiger partial charge in [0.05, 0.1) is 5.02 Å². The first kappa shape index (κ1) is 14.3. The van der Waals surface area contributed by atoms with Crippen molar-refractivity contribution in [1.82, 2.24) is 5.32 Å². The molecule has 0 fully saturated rings. The summed E-state index contributed by atoms with van der Waals surface area (Å²) in [4.78, 5) is 0. The van der Waals surface area contributed by atoms with E-state index in [-0.39, 0.29) is 16.9 Å². The van der Waals surface area contributed by atoms with Crippen LogP contribution in [-0.2, 0) is 6.54 Å². The van der Waals surface area contributed by atoms with Crippen LogP contribution in [0.15, 0.2) is 42.5 Å². The van der Waals surface area contributed by atoms with Gasteiger partial charge in [0.1, 0.15) is 5.82 Å². The number of hydrogen-bond acceptors (Lipinski definition) is 1. The van der Waals surface area contributed by atoms with E-state index >= 15 is 0 Å². The van der Waals surface area contributed by atoms with Gasteiger partial charge in [-0.2, -0.15) is 0 Å². The minimum Gasteiger partial charge on any atom is -0.306 e. The van der Waals surface area contributed by atoms with Crippen LogP contribution in [0.25, 0.3) is 0 Å². The topological polar surface area (TPSA) is 12.0 Å². The quantitative estimate of drug-likeness (QED) is 0.839. The lowest BCUT2D eigenvalue weighted by molar-refractivity contribution is 0.565. The van der Waals surface area contributed by atoms with Gasteiger partial charge in [0.2, 0.25) is 0 Å². The highest BCUT2D eigenvalue weighted by atomic mass is 35.5. The van der Waals surface area contributed by atoms with Crippen molar-refractivity contribution in [3.63, 3.8) is 0 Å². The van der Waals surface area contributed by atoms with E-state index in [2.05, 4.69) is 5.32 Å². The minimum absolute atomic E-state index is 0.0439. The summed E-state index contributed by atoms with van der Waals surface area (Å²) in [5.74, 6) is -0.390. The van der Waals surface area contributed by atoms with Gasteiger partial charge in [0.15, 0.2) is 0 Å². The van der Waals surface area contributed by atoms with Gasteiger partial charge >= 0.3 is 0 Å². The van der Waals surface area contributed by atoms with E-state index in [0.717, 1.165) is 16.1 Å². The molecule has 0 aromatic heterocycles. The molecule has 1 unspecified atom stereocenters. The van der Waals surface area contributed by atoms with Crippen LogP contribution in [0.4, 0.5) is 4.39 Å². The van der Waals surface area contributed by atoms with E-state index in [4.69, 9.17) is 23.2 Å². The molecule has 2 aromatic carbocycles. The molecule has 0 radical (unpaired) electrons. The molecule has 1 atom stereocenters. The first-order valence-corrected chi connectivity index (χ1v) is 6.74. The number of halogens is 3. The standard InChI is InChI=1S/C15H14Cl2FN/c1-10(12-4-7-14(17)15(18)8-12)19-9-11-2-5-13(16)6-3-11/h2-8,10,19H,9H2,1H3. The van der Waals surface area contributed by atoms with Gasteiger partial charge in [-0.25, -0.2) is 4.39 Å². The van der Waals surface area contributed by atoms with Crippen molar-refractivity contribution < 1.29 is 4.39 Å². The molecule has 1 N–H and O–H groups in total. The molecule has 0 heterocycles. The normalized spacial score (nSPS) is 12.4. The summed E-state index contributed by atoms with van der Waals surface area (Å²) in [6, 6.07) is 12.5. The Hall–Kier alpha value is -1.09. The highest BCUT2D eigenvalue weighted by Crippen LogP contribution is 2.20. The lowest BCUT2D eigenvalue weighted by atomic mass is 10.1. The van der Waals surface area contributed by atoms with Crippen molar-refractivity contribution in [2.45, 2.75) is 19.5 Å². The average molecular weight is 298 g/mol. The number of rotatable bonds is 4. The van der Waals surface area contributed by atoms with Gasteiger partial charge in [-0.3, -0.25) is 0 Å². The van der Waals surface area contributed by atoms with Gasteiger partial charge in [-0.05, 0) is 42.3 Å². The average Bonchev–Trinajstić information content (AvgIpc) is 2.41. The third kappa shape index (κ3) is 3.93. The Kier molecular flexibility index (Phi) is 4.81. The number of nitrogens with one attached hydrogen (secondary N) is 1. The fraction of sp³-hybridized carbons (Fsp3) is 0.200. The van der Waals surface area contributed by atoms with Crippen molar-refractivity contribution in [3.05, 3.63) is 69.5 Å². The van der Waals surface area contributed by atoms with Crippen LogP contribution in [0.3, 0.4) is 0 Å². The van der Waals surface area contributed by atoms with Crippen LogP contribution in [0.5, 0.6) is 0 Å². The van der Waals surface area contributed by atoms with Gasteiger partial charge in [0, 0.05) is 17.6 Å². The van der Waals surface area contributed by atoms with Crippen molar-refractivity contribution in [1.29, 1.82) is 0 Å². The Morgan fingerprint density at radius 2 is 1.79 bits per heavy atom. The first-order chi connectivity index (χ1) is 9.06. The molecule has 2 rings (SSSR count). The third-order valence-electron chi connectivity index (χ3n) is 2.97. The fourth-order valence-electron chi connectivity index (χ4n) is 1.77. The molecule has 0 spiro atoms. The van der Waals surface area contributed by atoms with Gasteiger partial charge < -0.3 is 5.32 Å². The maximum Gasteiger partial charge on any atom is 0.142 e. The zero-order valence-corrected chi connectivity index (χ0v) is 12.0. The van der Waals surface area contributed by atoms with Crippen molar-refractivity contribution in [2.75, 3.05) is 0 Å². The van der Waals surface area contributed by atoms with E-state index in [9.17, 15) is 4.39 Å². The highest BCUT2D eigenvalue weighted by Gasteiger charge is 2.08. The molecular formula is C15H14Cl2FN. The molecule has 1 nitrogen and oxygen atoms in total. The van der Waals surface area contributed by atoms with Gasteiger partial charge in [0.25, 0.3) is 0 Å². The molecular weight excluding hydrogens is 284 g/mol. The molecule has 0 amide bonds. The van der Waals surface area contributed by atoms with Crippen molar-refractivity contribution in [2.24, 2.45) is 0 Å². The number of hydrogen-bond donors (Lipinski definition) is 1. The molecule has 0 aliphatic rings. The molecule has 0 aliphatic carbocycles. The molecule has 0 bridgehead atoms. The SMILES string of the molecule is CC(NCc1ccc(Cl)cc1)c1ccc(Cl)c(F)c1. The molecule has 19 heavy (non-hydrogen) atoms. The van der Waals surface area contributed by atoms with E-state index in [1.807, 2.05) is 37.3 Å². The molecule has 2 aromatic rings. The second kappa shape index (κ2) is 6.38. The predicted octanol–water partition coefficient (Wildman–Crippen LogP) is 4.98. The molecule has 4 heteroatoms. The summed E-state index contributed by atoms with van der Waals surface area (Å²) in [6.07, 6.45) is 0. The summed E-state index contributed by atoms with van der Waals surface area (Å²) in [7, 11) is 0. The van der Waals surface area contributed by atoms with E-state index < -0.39 is 0 Å². The van der Waals surface area contributed by atoms with Crippen LogP contribution in [0, 0.1) is 5.82 Å². The van der Waals surface area contributed by atoms with E-state index in [1.54, 1.807) is 6.07 Å². The zero-order chi connectivity index (χ0) is 13.8. The largest absolute Gasteiger partial charge is 0.306 e. The second-order valence-corrected chi connectivity index (χ2v) is 5.25. The predicted molar refractivity (Wildman–Crippen MR) is 78.1 cm³/mol. The van der Waals surface area contributed by atoms with E-state index in [1.165, 1.54) is 6.07 Å². The fourth-order valence-corrected chi connectivity index (χ4v) is 2.02. The molecule has 0 saturated carbocycles. The molecule has 0 aliphatic heterocycles. The number of benzene rings is 2. The Bertz CT molecular complexity index is 555. The lowest BCUT2D eigenvalue weighted by Gasteiger charge is -2.14. The van der Waals surface area contributed by atoms with E-state index in [0.29, 0.717) is 6.54 Å². The zero-order valence-electron chi connectivity index (χ0n) is 10.5. The van der Waals surface area contributed by atoms with Crippen LogP contribution >= 0.6 is 23.2 Å². The maximum absolute atomic E-state index is 13.4. The Labute approximate surface area is 122 Å². The Morgan fingerprint density at radius 1 is 1.11 bits per heavy atom. The molecule has 100 valence electrons. The van der Waals surface area contributed by atoms with Crippen molar-refractivity contribution in [3.8, 4) is 0 Å². The van der Waals surface area contributed by atoms with Crippen LogP contribution in [0.2, 0.25) is 10.0 Å². The Balaban J connectivity index is 1.98. The van der Waals surface area contributed by atoms with Gasteiger partial charge in [-0.1, -0.05) is 41.4 Å².